The fourth-order valence-electron chi connectivity index (χ4n) is 1.09. The van der Waals surface area contributed by atoms with Crippen LogP contribution >= 0.6 is 0 Å². The van der Waals surface area contributed by atoms with Crippen molar-refractivity contribution in [3.05, 3.63) is 48.0 Å². The molecule has 0 aromatic heterocycles. The summed E-state index contributed by atoms with van der Waals surface area (Å²) in [5.41, 5.74) is 1.12. The quantitative estimate of drug-likeness (QED) is 0.544. The lowest BCUT2D eigenvalue weighted by Crippen LogP contribution is -2.07. The van der Waals surface area contributed by atoms with E-state index in [0.717, 1.165) is 5.56 Å². The van der Waals surface area contributed by atoms with Gasteiger partial charge in [-0.3, -0.25) is 0 Å². The molecule has 3 nitrogen and oxygen atoms in total. The molecule has 1 rings (SSSR count). The van der Waals surface area contributed by atoms with E-state index in [-0.39, 0.29) is 6.61 Å². The highest BCUT2D eigenvalue weighted by Crippen LogP contribution is 2.00. The first kappa shape index (κ1) is 11.9. The van der Waals surface area contributed by atoms with Crippen LogP contribution in [0.15, 0.2) is 42.5 Å². The standard InChI is InChI=1S/C12H16O3/c13-9-12(14)7-4-8-15-10-11-5-2-1-3-6-11/h1-7,12-14H,8-10H2. The topological polar surface area (TPSA) is 49.7 Å². The predicted octanol–water partition coefficient (Wildman–Crippen LogP) is 1.11. The van der Waals surface area contributed by atoms with Crippen molar-refractivity contribution in [3.63, 3.8) is 0 Å². The summed E-state index contributed by atoms with van der Waals surface area (Å²) in [6, 6.07) is 9.87. The van der Waals surface area contributed by atoms with Gasteiger partial charge in [-0.05, 0) is 5.56 Å². The average Bonchev–Trinajstić information content (AvgIpc) is 2.29. The Labute approximate surface area is 89.6 Å². The molecular formula is C12H16O3. The first-order chi connectivity index (χ1) is 7.33. The Balaban J connectivity index is 2.15. The van der Waals surface area contributed by atoms with Crippen LogP contribution in [0.5, 0.6) is 0 Å². The summed E-state index contributed by atoms with van der Waals surface area (Å²) in [4.78, 5) is 0. The van der Waals surface area contributed by atoms with Gasteiger partial charge in [-0.2, -0.15) is 0 Å². The fourth-order valence-corrected chi connectivity index (χ4v) is 1.09. The lowest BCUT2D eigenvalue weighted by Gasteiger charge is -2.01. The Morgan fingerprint density at radius 1 is 1.27 bits per heavy atom. The molecule has 0 heterocycles. The molecule has 0 aliphatic heterocycles. The second kappa shape index (κ2) is 7.17. The summed E-state index contributed by atoms with van der Waals surface area (Å²) in [6.45, 7) is 0.738. The molecule has 0 saturated carbocycles. The molecule has 1 atom stereocenters. The van der Waals surface area contributed by atoms with E-state index in [1.54, 1.807) is 6.08 Å². The van der Waals surface area contributed by atoms with Crippen molar-refractivity contribution in [1.82, 2.24) is 0 Å². The van der Waals surface area contributed by atoms with E-state index < -0.39 is 6.10 Å². The highest BCUT2D eigenvalue weighted by atomic mass is 16.5. The Morgan fingerprint density at radius 2 is 2.00 bits per heavy atom. The van der Waals surface area contributed by atoms with Crippen LogP contribution in [0.4, 0.5) is 0 Å². The molecule has 82 valence electrons. The largest absolute Gasteiger partial charge is 0.393 e. The van der Waals surface area contributed by atoms with Crippen LogP contribution < -0.4 is 0 Å². The normalized spacial score (nSPS) is 13.2. The van der Waals surface area contributed by atoms with Gasteiger partial charge in [0.1, 0.15) is 0 Å². The van der Waals surface area contributed by atoms with E-state index in [2.05, 4.69) is 0 Å². The maximum atomic E-state index is 8.98. The minimum absolute atomic E-state index is 0.255. The molecule has 0 amide bonds. The summed E-state index contributed by atoms with van der Waals surface area (Å²) in [5.74, 6) is 0. The van der Waals surface area contributed by atoms with Gasteiger partial charge in [0.05, 0.1) is 25.9 Å². The molecule has 3 heteroatoms. The summed E-state index contributed by atoms with van der Waals surface area (Å²) < 4.78 is 5.34. The SMILES string of the molecule is OCC(O)C=CCOCc1ccccc1. The van der Waals surface area contributed by atoms with E-state index in [1.807, 2.05) is 30.3 Å². The third kappa shape index (κ3) is 5.32. The monoisotopic (exact) mass is 208 g/mol. The second-order valence-electron chi connectivity index (χ2n) is 3.18. The van der Waals surface area contributed by atoms with Gasteiger partial charge >= 0.3 is 0 Å². The number of hydrogen-bond acceptors (Lipinski definition) is 3. The van der Waals surface area contributed by atoms with E-state index in [0.29, 0.717) is 13.2 Å². The average molecular weight is 208 g/mol. The van der Waals surface area contributed by atoms with Crippen LogP contribution in [0.3, 0.4) is 0 Å². The van der Waals surface area contributed by atoms with Crippen molar-refractivity contribution in [3.8, 4) is 0 Å². The van der Waals surface area contributed by atoms with E-state index in [9.17, 15) is 0 Å². The van der Waals surface area contributed by atoms with E-state index in [4.69, 9.17) is 14.9 Å². The van der Waals surface area contributed by atoms with Crippen molar-refractivity contribution in [2.24, 2.45) is 0 Å². The van der Waals surface area contributed by atoms with E-state index >= 15 is 0 Å². The molecule has 2 N–H and O–H groups in total. The molecule has 15 heavy (non-hydrogen) atoms. The molecular weight excluding hydrogens is 192 g/mol. The lowest BCUT2D eigenvalue weighted by molar-refractivity contribution is 0.126. The molecule has 1 aromatic rings. The van der Waals surface area contributed by atoms with Crippen molar-refractivity contribution < 1.29 is 14.9 Å². The van der Waals surface area contributed by atoms with Crippen LogP contribution in [-0.2, 0) is 11.3 Å². The maximum absolute atomic E-state index is 8.98. The summed E-state index contributed by atoms with van der Waals surface area (Å²) in [6.07, 6.45) is 2.43. The first-order valence-electron chi connectivity index (χ1n) is 4.90. The van der Waals surface area contributed by atoms with Crippen LogP contribution in [0.1, 0.15) is 5.56 Å². The molecule has 0 spiro atoms. The summed E-state index contributed by atoms with van der Waals surface area (Å²) in [5, 5.41) is 17.5. The smallest absolute Gasteiger partial charge is 0.0952 e. The molecule has 0 bridgehead atoms. The molecule has 0 saturated heterocycles. The third-order valence-corrected chi connectivity index (χ3v) is 1.87. The van der Waals surface area contributed by atoms with E-state index in [1.165, 1.54) is 6.08 Å². The van der Waals surface area contributed by atoms with Gasteiger partial charge < -0.3 is 14.9 Å². The Hall–Kier alpha value is -1.16. The van der Waals surface area contributed by atoms with Gasteiger partial charge in [0.2, 0.25) is 0 Å². The van der Waals surface area contributed by atoms with Crippen LogP contribution in [0.25, 0.3) is 0 Å². The zero-order chi connectivity index (χ0) is 10.9. The van der Waals surface area contributed by atoms with Crippen LogP contribution in [0.2, 0.25) is 0 Å². The molecule has 1 unspecified atom stereocenters. The molecule has 1 aromatic carbocycles. The number of rotatable bonds is 6. The highest BCUT2D eigenvalue weighted by molar-refractivity contribution is 5.13. The second-order valence-corrected chi connectivity index (χ2v) is 3.18. The van der Waals surface area contributed by atoms with Crippen molar-refractivity contribution in [2.75, 3.05) is 13.2 Å². The number of hydrogen-bond donors (Lipinski definition) is 2. The lowest BCUT2D eigenvalue weighted by atomic mass is 10.2. The molecule has 0 radical (unpaired) electrons. The van der Waals surface area contributed by atoms with Gasteiger partial charge in [-0.15, -0.1) is 0 Å². The Morgan fingerprint density at radius 3 is 2.67 bits per heavy atom. The summed E-state index contributed by atoms with van der Waals surface area (Å²) >= 11 is 0. The summed E-state index contributed by atoms with van der Waals surface area (Å²) in [7, 11) is 0. The third-order valence-electron chi connectivity index (χ3n) is 1.87. The Kier molecular flexibility index (Phi) is 5.70. The van der Waals surface area contributed by atoms with Crippen molar-refractivity contribution >= 4 is 0 Å². The Bertz CT molecular complexity index is 282. The maximum Gasteiger partial charge on any atom is 0.0952 e. The first-order valence-corrected chi connectivity index (χ1v) is 4.90. The number of ether oxygens (including phenoxy) is 1. The zero-order valence-corrected chi connectivity index (χ0v) is 8.54. The zero-order valence-electron chi connectivity index (χ0n) is 8.54. The molecule has 0 fully saturated rings. The number of benzene rings is 1. The van der Waals surface area contributed by atoms with Gasteiger partial charge in [0.15, 0.2) is 0 Å². The fraction of sp³-hybridized carbons (Fsp3) is 0.333. The van der Waals surface area contributed by atoms with Crippen molar-refractivity contribution in [2.45, 2.75) is 12.7 Å². The van der Waals surface area contributed by atoms with Crippen LogP contribution in [0, 0.1) is 0 Å². The number of aliphatic hydroxyl groups is 2. The van der Waals surface area contributed by atoms with Gasteiger partial charge in [-0.1, -0.05) is 42.5 Å². The minimum atomic E-state index is -0.787. The number of aliphatic hydroxyl groups excluding tert-OH is 2. The van der Waals surface area contributed by atoms with Crippen LogP contribution in [-0.4, -0.2) is 29.5 Å². The predicted molar refractivity (Wildman–Crippen MR) is 58.3 cm³/mol. The van der Waals surface area contributed by atoms with Gasteiger partial charge in [0.25, 0.3) is 0 Å². The van der Waals surface area contributed by atoms with Gasteiger partial charge in [-0.25, -0.2) is 0 Å². The van der Waals surface area contributed by atoms with Crippen molar-refractivity contribution in [1.29, 1.82) is 0 Å². The molecule has 0 aliphatic carbocycles. The molecule has 0 aliphatic rings. The highest BCUT2D eigenvalue weighted by Gasteiger charge is 1.93. The minimum Gasteiger partial charge on any atom is -0.393 e. The van der Waals surface area contributed by atoms with Gasteiger partial charge in [0, 0.05) is 0 Å².